The van der Waals surface area contributed by atoms with E-state index in [-0.39, 0.29) is 16.2 Å². The lowest BCUT2D eigenvalue weighted by molar-refractivity contribution is -0.124. The van der Waals surface area contributed by atoms with Crippen LogP contribution in [-0.4, -0.2) is 43.7 Å². The minimum absolute atomic E-state index is 0.0549. The molecule has 26 heavy (non-hydrogen) atoms. The lowest BCUT2D eigenvalue weighted by Gasteiger charge is -2.29. The van der Waals surface area contributed by atoms with E-state index in [0.29, 0.717) is 42.7 Å². The van der Waals surface area contributed by atoms with Crippen LogP contribution in [-0.2, 0) is 19.6 Å². The highest BCUT2D eigenvalue weighted by Gasteiger charge is 2.32. The van der Waals surface area contributed by atoms with Gasteiger partial charge in [-0.05, 0) is 65.7 Å². The normalized spacial score (nSPS) is 22.5. The van der Waals surface area contributed by atoms with Gasteiger partial charge in [0, 0.05) is 24.0 Å². The van der Waals surface area contributed by atoms with Gasteiger partial charge in [0.15, 0.2) is 11.9 Å². The smallest absolute Gasteiger partial charge is 0.338 e. The number of ether oxygens (including phenoxy) is 1. The van der Waals surface area contributed by atoms with E-state index in [1.165, 1.54) is 22.5 Å². The van der Waals surface area contributed by atoms with Gasteiger partial charge in [-0.3, -0.25) is 4.79 Å². The van der Waals surface area contributed by atoms with Gasteiger partial charge in [-0.2, -0.15) is 4.31 Å². The predicted molar refractivity (Wildman–Crippen MR) is 99.4 cm³/mol. The van der Waals surface area contributed by atoms with E-state index >= 15 is 0 Å². The van der Waals surface area contributed by atoms with Crippen LogP contribution in [0.4, 0.5) is 0 Å². The van der Waals surface area contributed by atoms with Gasteiger partial charge in [0.2, 0.25) is 10.0 Å². The zero-order valence-electron chi connectivity index (χ0n) is 14.6. The number of Topliss-reactive ketones (excluding diaryl/α,β-unsaturated/α-hetero) is 1. The fourth-order valence-electron chi connectivity index (χ4n) is 3.30. The van der Waals surface area contributed by atoms with Crippen LogP contribution >= 0.6 is 15.9 Å². The minimum atomic E-state index is -3.70. The van der Waals surface area contributed by atoms with Crippen LogP contribution in [0.1, 0.15) is 49.4 Å². The molecule has 0 radical (unpaired) electrons. The number of ketones is 1. The third-order valence-corrected chi connectivity index (χ3v) is 7.92. The van der Waals surface area contributed by atoms with Gasteiger partial charge in [0.05, 0.1) is 10.5 Å². The van der Waals surface area contributed by atoms with Crippen LogP contribution in [0.25, 0.3) is 0 Å². The second kappa shape index (κ2) is 7.78. The molecular formula is C18H22BrNO5S. The summed E-state index contributed by atoms with van der Waals surface area (Å²) in [7, 11) is -3.70. The lowest BCUT2D eigenvalue weighted by atomic mass is 10.0. The summed E-state index contributed by atoms with van der Waals surface area (Å²) in [5, 5.41) is 0. The Kier molecular flexibility index (Phi) is 5.84. The first kappa shape index (κ1) is 19.5. The van der Waals surface area contributed by atoms with Crippen LogP contribution in [0.15, 0.2) is 27.6 Å². The Balaban J connectivity index is 1.83. The van der Waals surface area contributed by atoms with Crippen LogP contribution in [0, 0.1) is 5.92 Å². The number of sulfonamides is 1. The molecule has 0 bridgehead atoms. The maximum atomic E-state index is 13.0. The number of piperidine rings is 1. The summed E-state index contributed by atoms with van der Waals surface area (Å²) < 4.78 is 33.1. The van der Waals surface area contributed by atoms with Gasteiger partial charge in [-0.25, -0.2) is 13.2 Å². The van der Waals surface area contributed by atoms with Crippen molar-refractivity contribution in [2.24, 2.45) is 5.92 Å². The summed E-state index contributed by atoms with van der Waals surface area (Å²) in [4.78, 5) is 24.1. The van der Waals surface area contributed by atoms with E-state index in [1.807, 2.05) is 0 Å². The highest BCUT2D eigenvalue weighted by molar-refractivity contribution is 9.10. The van der Waals surface area contributed by atoms with Gasteiger partial charge in [0.1, 0.15) is 0 Å². The molecule has 0 amide bonds. The van der Waals surface area contributed by atoms with Crippen molar-refractivity contribution < 1.29 is 22.7 Å². The van der Waals surface area contributed by atoms with E-state index < -0.39 is 22.1 Å². The number of hydrogen-bond acceptors (Lipinski definition) is 5. The van der Waals surface area contributed by atoms with Crippen molar-refractivity contribution in [1.82, 2.24) is 4.31 Å². The molecule has 8 heteroatoms. The molecule has 1 heterocycles. The Morgan fingerprint density at radius 3 is 2.54 bits per heavy atom. The van der Waals surface area contributed by atoms with Crippen LogP contribution in [0.2, 0.25) is 0 Å². The van der Waals surface area contributed by atoms with Crippen molar-refractivity contribution in [3.63, 3.8) is 0 Å². The number of esters is 1. The molecule has 6 nitrogen and oxygen atoms in total. The van der Waals surface area contributed by atoms with Gasteiger partial charge in [-0.1, -0.05) is 6.92 Å². The number of nitrogens with zero attached hydrogens (tertiary/aromatic N) is 1. The summed E-state index contributed by atoms with van der Waals surface area (Å²) in [5.74, 6) is -0.234. The van der Waals surface area contributed by atoms with E-state index in [2.05, 4.69) is 22.9 Å². The molecule has 2 fully saturated rings. The Morgan fingerprint density at radius 2 is 1.92 bits per heavy atom. The number of halogens is 1. The molecule has 1 saturated heterocycles. The van der Waals surface area contributed by atoms with Crippen molar-refractivity contribution in [2.45, 2.75) is 50.0 Å². The monoisotopic (exact) mass is 443 g/mol. The van der Waals surface area contributed by atoms with Gasteiger partial charge in [0.25, 0.3) is 0 Å². The first-order valence-corrected chi connectivity index (χ1v) is 11.1. The molecule has 3 rings (SSSR count). The molecular weight excluding hydrogens is 422 g/mol. The molecule has 0 spiro atoms. The quantitative estimate of drug-likeness (QED) is 0.667. The van der Waals surface area contributed by atoms with Crippen LogP contribution in [0.3, 0.4) is 0 Å². The van der Waals surface area contributed by atoms with E-state index in [9.17, 15) is 18.0 Å². The number of hydrogen-bond donors (Lipinski definition) is 0. The third kappa shape index (κ3) is 4.02. The van der Waals surface area contributed by atoms with Crippen molar-refractivity contribution in [2.75, 3.05) is 13.1 Å². The van der Waals surface area contributed by atoms with Crippen molar-refractivity contribution >= 4 is 37.7 Å². The fourth-order valence-corrected chi connectivity index (χ4v) is 5.72. The number of carbonyl (C=O) groups is 2. The molecule has 1 saturated carbocycles. The average Bonchev–Trinajstić information content (AvgIpc) is 3.00. The Hall–Kier alpha value is -1.25. The van der Waals surface area contributed by atoms with Crippen LogP contribution in [0.5, 0.6) is 0 Å². The number of benzene rings is 1. The molecule has 142 valence electrons. The van der Waals surface area contributed by atoms with Crippen LogP contribution < -0.4 is 0 Å². The van der Waals surface area contributed by atoms with E-state index in [0.717, 1.165) is 12.8 Å². The van der Waals surface area contributed by atoms with Crippen molar-refractivity contribution in [1.29, 1.82) is 0 Å². The Bertz CT molecular complexity index is 815. The third-order valence-electron chi connectivity index (χ3n) is 5.03. The summed E-state index contributed by atoms with van der Waals surface area (Å²) >= 11 is 3.28. The van der Waals surface area contributed by atoms with E-state index in [1.54, 1.807) is 0 Å². The number of carbonyl (C=O) groups excluding carboxylic acids is 2. The topological polar surface area (TPSA) is 80.8 Å². The lowest BCUT2D eigenvalue weighted by Crippen LogP contribution is -2.38. The van der Waals surface area contributed by atoms with E-state index in [4.69, 9.17) is 4.74 Å². The zero-order valence-corrected chi connectivity index (χ0v) is 17.0. The van der Waals surface area contributed by atoms with Gasteiger partial charge < -0.3 is 4.74 Å². The van der Waals surface area contributed by atoms with Crippen molar-refractivity contribution in [3.05, 3.63) is 28.2 Å². The maximum Gasteiger partial charge on any atom is 0.338 e. The molecule has 1 atom stereocenters. The summed E-state index contributed by atoms with van der Waals surface area (Å²) in [6.07, 6.45) is 2.59. The SMILES string of the molecule is CC1CCN(S(=O)(=O)c2cc(C(=O)O[C@@H]3CCCC3=O)ccc2Br)CC1. The minimum Gasteiger partial charge on any atom is -0.451 e. The first-order valence-electron chi connectivity index (χ1n) is 8.82. The Morgan fingerprint density at radius 1 is 1.23 bits per heavy atom. The highest BCUT2D eigenvalue weighted by atomic mass is 79.9. The Labute approximate surface area is 162 Å². The maximum absolute atomic E-state index is 13.0. The summed E-state index contributed by atoms with van der Waals surface area (Å²) in [5.41, 5.74) is 0.136. The fraction of sp³-hybridized carbons (Fsp3) is 0.556. The molecule has 1 aromatic rings. The molecule has 2 aliphatic rings. The zero-order chi connectivity index (χ0) is 18.9. The van der Waals surface area contributed by atoms with Gasteiger partial charge in [-0.15, -0.1) is 0 Å². The second-order valence-corrected chi connectivity index (χ2v) is 9.74. The molecule has 1 aliphatic carbocycles. The molecule has 1 aliphatic heterocycles. The van der Waals surface area contributed by atoms with Crippen molar-refractivity contribution in [3.8, 4) is 0 Å². The first-order chi connectivity index (χ1) is 12.3. The molecule has 0 unspecified atom stereocenters. The second-order valence-electron chi connectivity index (χ2n) is 6.98. The predicted octanol–water partition coefficient (Wildman–Crippen LogP) is 3.15. The number of rotatable bonds is 4. The summed E-state index contributed by atoms with van der Waals surface area (Å²) in [6, 6.07) is 4.37. The largest absolute Gasteiger partial charge is 0.451 e. The molecule has 0 N–H and O–H groups in total. The molecule has 1 aromatic carbocycles. The average molecular weight is 444 g/mol. The standard InChI is InChI=1S/C18H22BrNO5S/c1-12-7-9-20(10-8-12)26(23,24)17-11-13(5-6-14(17)19)18(22)25-16-4-2-3-15(16)21/h5-6,11-12,16H,2-4,7-10H2,1H3/t16-/m1/s1. The van der Waals surface area contributed by atoms with Gasteiger partial charge >= 0.3 is 5.97 Å². The highest BCUT2D eigenvalue weighted by Crippen LogP contribution is 2.30. The molecule has 0 aromatic heterocycles. The summed E-state index contributed by atoms with van der Waals surface area (Å²) in [6.45, 7) is 3.06.